The number of halogens is 3. The van der Waals surface area contributed by atoms with Gasteiger partial charge in [0, 0.05) is 6.04 Å². The average Bonchev–Trinajstić information content (AvgIpc) is 2.22. The van der Waals surface area contributed by atoms with E-state index in [-0.39, 0.29) is 29.3 Å². The molecule has 1 rings (SSSR count). The molecular weight excluding hydrogens is 248 g/mol. The van der Waals surface area contributed by atoms with Gasteiger partial charge in [-0.25, -0.2) is 4.39 Å². The molecule has 1 aromatic rings. The molecule has 1 aromatic carbocycles. The van der Waals surface area contributed by atoms with Crippen LogP contribution in [0.3, 0.4) is 0 Å². The normalized spacial score (nSPS) is 12.0. The molecule has 0 amide bonds. The molecule has 0 saturated heterocycles. The van der Waals surface area contributed by atoms with Crippen molar-refractivity contribution in [3.8, 4) is 0 Å². The smallest absolute Gasteiger partial charge is 0.142 e. The van der Waals surface area contributed by atoms with Crippen LogP contribution in [-0.2, 0) is 0 Å². The Morgan fingerprint density at radius 3 is 2.69 bits per heavy atom. The molecule has 0 aliphatic carbocycles. The third kappa shape index (κ3) is 4.28. The fourth-order valence-corrected chi connectivity index (χ4v) is 1.84. The van der Waals surface area contributed by atoms with Crippen LogP contribution in [0.15, 0.2) is 18.2 Å². The van der Waals surface area contributed by atoms with Gasteiger partial charge < -0.3 is 5.73 Å². The monoisotopic (exact) mass is 265 g/mol. The molecule has 0 unspecified atom stereocenters. The van der Waals surface area contributed by atoms with Gasteiger partial charge >= 0.3 is 0 Å². The zero-order valence-electron chi connectivity index (χ0n) is 9.38. The molecule has 16 heavy (non-hydrogen) atoms. The second kappa shape index (κ2) is 7.88. The van der Waals surface area contributed by atoms with Gasteiger partial charge in [-0.1, -0.05) is 49.9 Å². The summed E-state index contributed by atoms with van der Waals surface area (Å²) in [6.07, 6.45) is 4.23. The summed E-state index contributed by atoms with van der Waals surface area (Å²) in [5, 5.41) is 0.168. The Hall–Kier alpha value is -0.310. The van der Waals surface area contributed by atoms with Gasteiger partial charge in [0.1, 0.15) is 5.82 Å². The van der Waals surface area contributed by atoms with Gasteiger partial charge in [-0.15, -0.1) is 12.4 Å². The van der Waals surface area contributed by atoms with Gasteiger partial charge in [0.25, 0.3) is 0 Å². The minimum Gasteiger partial charge on any atom is -0.324 e. The van der Waals surface area contributed by atoms with Crippen molar-refractivity contribution in [2.45, 2.75) is 38.6 Å². The average molecular weight is 266 g/mol. The highest BCUT2D eigenvalue weighted by molar-refractivity contribution is 6.31. The minimum absolute atomic E-state index is 0. The van der Waals surface area contributed by atoms with E-state index < -0.39 is 0 Å². The van der Waals surface area contributed by atoms with E-state index in [4.69, 9.17) is 17.3 Å². The fraction of sp³-hybridized carbons (Fsp3) is 0.500. The third-order valence-electron chi connectivity index (χ3n) is 2.50. The lowest BCUT2D eigenvalue weighted by Crippen LogP contribution is -2.11. The quantitative estimate of drug-likeness (QED) is 0.781. The molecule has 0 aliphatic rings. The zero-order valence-corrected chi connectivity index (χ0v) is 11.0. The van der Waals surface area contributed by atoms with Crippen LogP contribution in [0.2, 0.25) is 5.02 Å². The summed E-state index contributed by atoms with van der Waals surface area (Å²) in [4.78, 5) is 0. The number of nitrogens with two attached hydrogens (primary N) is 1. The molecule has 0 fully saturated rings. The molecule has 0 aromatic heterocycles. The van der Waals surface area contributed by atoms with Crippen LogP contribution in [0.25, 0.3) is 0 Å². The third-order valence-corrected chi connectivity index (χ3v) is 2.90. The maximum absolute atomic E-state index is 13.1. The number of hydrogen-bond donors (Lipinski definition) is 1. The van der Waals surface area contributed by atoms with Crippen molar-refractivity contribution in [3.63, 3.8) is 0 Å². The first-order chi connectivity index (χ1) is 7.16. The lowest BCUT2D eigenvalue weighted by molar-refractivity contribution is 0.573. The highest BCUT2D eigenvalue weighted by Gasteiger charge is 2.12. The van der Waals surface area contributed by atoms with Gasteiger partial charge in [0.05, 0.1) is 5.02 Å². The molecular formula is C12H18Cl2FN. The Labute approximate surface area is 108 Å². The standard InChI is InChI=1S/C12H17ClFN.ClH/c1-2-3-4-8-11(15)9-6-5-7-10(14)12(9)13;/h5-7,11H,2-4,8,15H2,1H3;1H/t11-;/m1./s1. The van der Waals surface area contributed by atoms with Crippen LogP contribution in [0.4, 0.5) is 4.39 Å². The van der Waals surface area contributed by atoms with E-state index in [0.29, 0.717) is 5.56 Å². The molecule has 1 atom stereocenters. The molecule has 0 bridgehead atoms. The molecule has 1 nitrogen and oxygen atoms in total. The molecule has 0 aliphatic heterocycles. The molecule has 0 saturated carbocycles. The van der Waals surface area contributed by atoms with Crippen LogP contribution >= 0.6 is 24.0 Å². The van der Waals surface area contributed by atoms with Crippen molar-refractivity contribution in [1.82, 2.24) is 0 Å². The van der Waals surface area contributed by atoms with Crippen LogP contribution in [0.1, 0.15) is 44.2 Å². The predicted octanol–water partition coefficient (Wildman–Crippen LogP) is 4.48. The summed E-state index contributed by atoms with van der Waals surface area (Å²) in [6.45, 7) is 2.14. The van der Waals surface area contributed by atoms with E-state index in [0.717, 1.165) is 25.7 Å². The van der Waals surface area contributed by atoms with Gasteiger partial charge in [0.2, 0.25) is 0 Å². The molecule has 0 radical (unpaired) electrons. The molecule has 2 N–H and O–H groups in total. The van der Waals surface area contributed by atoms with E-state index in [1.165, 1.54) is 6.07 Å². The maximum Gasteiger partial charge on any atom is 0.142 e. The van der Waals surface area contributed by atoms with Crippen LogP contribution < -0.4 is 5.73 Å². The van der Waals surface area contributed by atoms with E-state index >= 15 is 0 Å². The van der Waals surface area contributed by atoms with E-state index in [2.05, 4.69) is 6.92 Å². The van der Waals surface area contributed by atoms with Crippen molar-refractivity contribution in [3.05, 3.63) is 34.6 Å². The van der Waals surface area contributed by atoms with Gasteiger partial charge in [0.15, 0.2) is 0 Å². The Bertz CT molecular complexity index is 318. The van der Waals surface area contributed by atoms with Crippen molar-refractivity contribution < 1.29 is 4.39 Å². The van der Waals surface area contributed by atoms with Crippen LogP contribution in [0, 0.1) is 5.82 Å². The lowest BCUT2D eigenvalue weighted by atomic mass is 10.0. The first-order valence-corrected chi connectivity index (χ1v) is 5.74. The number of benzene rings is 1. The molecule has 0 spiro atoms. The summed E-state index contributed by atoms with van der Waals surface area (Å²) in [5.41, 5.74) is 6.67. The van der Waals surface area contributed by atoms with Gasteiger partial charge in [-0.2, -0.15) is 0 Å². The maximum atomic E-state index is 13.1. The second-order valence-corrected chi connectivity index (χ2v) is 4.12. The molecule has 92 valence electrons. The van der Waals surface area contributed by atoms with Crippen molar-refractivity contribution in [2.24, 2.45) is 5.73 Å². The molecule has 0 heterocycles. The Morgan fingerprint density at radius 1 is 1.38 bits per heavy atom. The van der Waals surface area contributed by atoms with Crippen molar-refractivity contribution in [2.75, 3.05) is 0 Å². The Kier molecular flexibility index (Phi) is 7.73. The summed E-state index contributed by atoms with van der Waals surface area (Å²) in [7, 11) is 0. The van der Waals surface area contributed by atoms with E-state index in [1.54, 1.807) is 12.1 Å². The van der Waals surface area contributed by atoms with E-state index in [9.17, 15) is 4.39 Å². The summed E-state index contributed by atoms with van der Waals surface area (Å²) in [6, 6.07) is 4.64. The van der Waals surface area contributed by atoms with Crippen LogP contribution in [-0.4, -0.2) is 0 Å². The highest BCUT2D eigenvalue weighted by atomic mass is 35.5. The Morgan fingerprint density at radius 2 is 2.06 bits per heavy atom. The van der Waals surface area contributed by atoms with Crippen molar-refractivity contribution >= 4 is 24.0 Å². The molecule has 4 heteroatoms. The number of hydrogen-bond acceptors (Lipinski definition) is 1. The topological polar surface area (TPSA) is 26.0 Å². The first kappa shape index (κ1) is 15.7. The first-order valence-electron chi connectivity index (χ1n) is 5.36. The highest BCUT2D eigenvalue weighted by Crippen LogP contribution is 2.27. The predicted molar refractivity (Wildman–Crippen MR) is 69.7 cm³/mol. The minimum atomic E-state index is -0.389. The largest absolute Gasteiger partial charge is 0.324 e. The lowest BCUT2D eigenvalue weighted by Gasteiger charge is -2.13. The van der Waals surface area contributed by atoms with Gasteiger partial charge in [-0.05, 0) is 18.1 Å². The summed E-state index contributed by atoms with van der Waals surface area (Å²) in [5.74, 6) is -0.389. The van der Waals surface area contributed by atoms with Crippen molar-refractivity contribution in [1.29, 1.82) is 0 Å². The summed E-state index contributed by atoms with van der Waals surface area (Å²) < 4.78 is 13.1. The second-order valence-electron chi connectivity index (χ2n) is 3.75. The number of rotatable bonds is 5. The fourth-order valence-electron chi connectivity index (χ4n) is 1.58. The number of unbranched alkanes of at least 4 members (excludes halogenated alkanes) is 2. The summed E-state index contributed by atoms with van der Waals surface area (Å²) >= 11 is 5.85. The van der Waals surface area contributed by atoms with E-state index in [1.807, 2.05) is 0 Å². The van der Waals surface area contributed by atoms with Gasteiger partial charge in [-0.3, -0.25) is 0 Å². The Balaban J connectivity index is 0.00000225. The zero-order chi connectivity index (χ0) is 11.3. The SMILES string of the molecule is CCCCC[C@@H](N)c1cccc(F)c1Cl.Cl. The van der Waals surface area contributed by atoms with Crippen LogP contribution in [0.5, 0.6) is 0 Å².